The highest BCUT2D eigenvalue weighted by Gasteiger charge is 2.40. The minimum absolute atomic E-state index is 0.112. The van der Waals surface area contributed by atoms with Crippen LogP contribution in [0.1, 0.15) is 58.8 Å². The van der Waals surface area contributed by atoms with Gasteiger partial charge in [-0.2, -0.15) is 0 Å². The zero-order valence-corrected chi connectivity index (χ0v) is 18.7. The number of amides is 3. The second-order valence-electron chi connectivity index (χ2n) is 9.32. The summed E-state index contributed by atoms with van der Waals surface area (Å²) in [5.41, 5.74) is 10.1. The SMILES string of the molecule is NC[C@@H]1CCCN(Cc2cccc3c2C(=O)N(C2CCC(=O)NC2=O)C3)[C@@H]1c1ccccc1. The van der Waals surface area contributed by atoms with Gasteiger partial charge in [0, 0.05) is 31.1 Å². The Kier molecular flexibility index (Phi) is 6.00. The lowest BCUT2D eigenvalue weighted by molar-refractivity contribution is -0.136. The number of nitrogens with one attached hydrogen (secondary N) is 1. The molecule has 0 radical (unpaired) electrons. The van der Waals surface area contributed by atoms with Crippen LogP contribution in [-0.2, 0) is 22.7 Å². The zero-order valence-electron chi connectivity index (χ0n) is 18.7. The topological polar surface area (TPSA) is 95.7 Å². The van der Waals surface area contributed by atoms with Gasteiger partial charge in [0.15, 0.2) is 0 Å². The standard InChI is InChI=1S/C26H30N4O3/c27-14-18-10-5-13-29(24(18)17-6-2-1-3-7-17)15-19-8-4-9-20-16-30(26(33)23(19)20)21-11-12-22(31)28-25(21)32/h1-4,6-9,18,21,24H,5,10-16,27H2,(H,28,31,32)/t18-,21?,24+/m0/s1. The van der Waals surface area contributed by atoms with Crippen molar-refractivity contribution in [2.75, 3.05) is 13.1 Å². The summed E-state index contributed by atoms with van der Waals surface area (Å²) in [6.45, 7) is 2.64. The molecule has 2 saturated heterocycles. The molecule has 2 fully saturated rings. The predicted molar refractivity (Wildman–Crippen MR) is 124 cm³/mol. The molecule has 0 aliphatic carbocycles. The lowest BCUT2D eigenvalue weighted by Crippen LogP contribution is -2.52. The molecule has 3 amide bonds. The Morgan fingerprint density at radius 2 is 1.82 bits per heavy atom. The van der Waals surface area contributed by atoms with Gasteiger partial charge in [-0.25, -0.2) is 0 Å². The van der Waals surface area contributed by atoms with Gasteiger partial charge in [0.2, 0.25) is 11.8 Å². The number of piperidine rings is 2. The monoisotopic (exact) mass is 446 g/mol. The molecule has 7 nitrogen and oxygen atoms in total. The fourth-order valence-corrected chi connectivity index (χ4v) is 5.75. The Morgan fingerprint density at radius 3 is 2.58 bits per heavy atom. The third-order valence-corrected chi connectivity index (χ3v) is 7.32. The fraction of sp³-hybridized carbons (Fsp3) is 0.423. The molecule has 2 aromatic rings. The molecule has 172 valence electrons. The van der Waals surface area contributed by atoms with Crippen LogP contribution in [-0.4, -0.2) is 46.7 Å². The summed E-state index contributed by atoms with van der Waals surface area (Å²) >= 11 is 0. The molecule has 0 spiro atoms. The van der Waals surface area contributed by atoms with E-state index in [4.69, 9.17) is 5.73 Å². The van der Waals surface area contributed by atoms with E-state index in [0.717, 1.165) is 30.5 Å². The Labute approximate surface area is 193 Å². The van der Waals surface area contributed by atoms with Crippen LogP contribution in [0.4, 0.5) is 0 Å². The maximum atomic E-state index is 13.5. The molecule has 0 bridgehead atoms. The van der Waals surface area contributed by atoms with Crippen molar-refractivity contribution in [3.8, 4) is 0 Å². The summed E-state index contributed by atoms with van der Waals surface area (Å²) in [6.07, 6.45) is 2.81. The summed E-state index contributed by atoms with van der Waals surface area (Å²) in [5.74, 6) is -0.389. The molecular weight excluding hydrogens is 416 g/mol. The normalized spacial score (nSPS) is 25.8. The van der Waals surface area contributed by atoms with Gasteiger partial charge in [-0.15, -0.1) is 0 Å². The number of nitrogens with zero attached hydrogens (tertiary/aromatic N) is 2. The van der Waals surface area contributed by atoms with E-state index in [1.807, 2.05) is 24.3 Å². The van der Waals surface area contributed by atoms with Gasteiger partial charge in [0.1, 0.15) is 6.04 Å². The van der Waals surface area contributed by atoms with Crippen molar-refractivity contribution in [2.45, 2.75) is 50.9 Å². The van der Waals surface area contributed by atoms with Gasteiger partial charge >= 0.3 is 0 Å². The Hall–Kier alpha value is -3.03. The number of hydrogen-bond acceptors (Lipinski definition) is 5. The largest absolute Gasteiger partial charge is 0.330 e. The van der Waals surface area contributed by atoms with Gasteiger partial charge in [-0.3, -0.25) is 24.6 Å². The maximum Gasteiger partial charge on any atom is 0.255 e. The van der Waals surface area contributed by atoms with Crippen LogP contribution in [0.15, 0.2) is 48.5 Å². The van der Waals surface area contributed by atoms with Crippen molar-refractivity contribution in [2.24, 2.45) is 11.7 Å². The highest BCUT2D eigenvalue weighted by molar-refractivity contribution is 6.06. The number of hydrogen-bond donors (Lipinski definition) is 2. The number of fused-ring (bicyclic) bond motifs is 1. The van der Waals surface area contributed by atoms with E-state index in [1.165, 1.54) is 5.56 Å². The average Bonchev–Trinajstić information content (AvgIpc) is 3.16. The number of benzene rings is 2. The van der Waals surface area contributed by atoms with Gasteiger partial charge in [-0.05, 0) is 55.0 Å². The first kappa shape index (κ1) is 21.8. The zero-order chi connectivity index (χ0) is 22.9. The average molecular weight is 447 g/mol. The molecule has 0 saturated carbocycles. The maximum absolute atomic E-state index is 13.5. The summed E-state index contributed by atoms with van der Waals surface area (Å²) in [6, 6.07) is 16.1. The van der Waals surface area contributed by atoms with Crippen molar-refractivity contribution >= 4 is 17.7 Å². The van der Waals surface area contributed by atoms with Crippen LogP contribution >= 0.6 is 0 Å². The fourth-order valence-electron chi connectivity index (χ4n) is 5.75. The quantitative estimate of drug-likeness (QED) is 0.688. The number of carbonyl (C=O) groups is 3. The van der Waals surface area contributed by atoms with Crippen LogP contribution in [0.3, 0.4) is 0 Å². The Morgan fingerprint density at radius 1 is 1.00 bits per heavy atom. The predicted octanol–water partition coefficient (Wildman–Crippen LogP) is 2.36. The summed E-state index contributed by atoms with van der Waals surface area (Å²) in [4.78, 5) is 41.5. The highest BCUT2D eigenvalue weighted by Crippen LogP contribution is 2.38. The van der Waals surface area contributed by atoms with Crippen LogP contribution in [0.5, 0.6) is 0 Å². The minimum Gasteiger partial charge on any atom is -0.330 e. The third kappa shape index (κ3) is 4.07. The second kappa shape index (κ2) is 9.08. The minimum atomic E-state index is -0.593. The molecule has 3 aliphatic rings. The van der Waals surface area contributed by atoms with Crippen molar-refractivity contribution in [1.29, 1.82) is 0 Å². The Bertz CT molecular complexity index is 1070. The summed E-state index contributed by atoms with van der Waals surface area (Å²) in [5, 5.41) is 2.38. The lowest BCUT2D eigenvalue weighted by Gasteiger charge is -2.41. The van der Waals surface area contributed by atoms with Gasteiger partial charge in [-0.1, -0.05) is 48.5 Å². The van der Waals surface area contributed by atoms with Crippen molar-refractivity contribution in [3.05, 3.63) is 70.8 Å². The lowest BCUT2D eigenvalue weighted by atomic mass is 9.84. The second-order valence-corrected chi connectivity index (χ2v) is 9.32. The van der Waals surface area contributed by atoms with Gasteiger partial charge < -0.3 is 10.6 Å². The molecule has 3 N–H and O–H groups in total. The molecule has 5 rings (SSSR count). The first-order chi connectivity index (χ1) is 16.1. The third-order valence-electron chi connectivity index (χ3n) is 7.32. The van der Waals surface area contributed by atoms with Gasteiger partial charge in [0.05, 0.1) is 0 Å². The van der Waals surface area contributed by atoms with E-state index in [2.05, 4.69) is 34.5 Å². The highest BCUT2D eigenvalue weighted by atomic mass is 16.2. The van der Waals surface area contributed by atoms with Crippen LogP contribution in [0.2, 0.25) is 0 Å². The van der Waals surface area contributed by atoms with E-state index in [-0.39, 0.29) is 30.2 Å². The number of rotatable bonds is 5. The van der Waals surface area contributed by atoms with E-state index in [0.29, 0.717) is 37.5 Å². The molecule has 3 aliphatic heterocycles. The van der Waals surface area contributed by atoms with Crippen molar-refractivity contribution in [1.82, 2.24) is 15.1 Å². The van der Waals surface area contributed by atoms with E-state index in [1.54, 1.807) is 4.90 Å². The smallest absolute Gasteiger partial charge is 0.255 e. The van der Waals surface area contributed by atoms with Crippen LogP contribution in [0.25, 0.3) is 0 Å². The van der Waals surface area contributed by atoms with Crippen LogP contribution < -0.4 is 11.1 Å². The molecule has 33 heavy (non-hydrogen) atoms. The first-order valence-electron chi connectivity index (χ1n) is 11.8. The van der Waals surface area contributed by atoms with Crippen LogP contribution in [0, 0.1) is 5.92 Å². The van der Waals surface area contributed by atoms with E-state index in [9.17, 15) is 14.4 Å². The first-order valence-corrected chi connectivity index (χ1v) is 11.8. The molecule has 0 aromatic heterocycles. The number of imide groups is 1. The van der Waals surface area contributed by atoms with Crippen molar-refractivity contribution in [3.63, 3.8) is 0 Å². The molecule has 7 heteroatoms. The number of carbonyl (C=O) groups excluding carboxylic acids is 3. The molecule has 3 atom stereocenters. The van der Waals surface area contributed by atoms with E-state index < -0.39 is 6.04 Å². The number of nitrogens with two attached hydrogens (primary N) is 1. The summed E-state index contributed by atoms with van der Waals surface area (Å²) in [7, 11) is 0. The number of likely N-dealkylation sites (tertiary alicyclic amines) is 1. The molecule has 3 heterocycles. The van der Waals surface area contributed by atoms with Crippen molar-refractivity contribution < 1.29 is 14.4 Å². The molecular formula is C26H30N4O3. The van der Waals surface area contributed by atoms with E-state index >= 15 is 0 Å². The molecule has 2 aromatic carbocycles. The van der Waals surface area contributed by atoms with Gasteiger partial charge in [0.25, 0.3) is 5.91 Å². The summed E-state index contributed by atoms with van der Waals surface area (Å²) < 4.78 is 0. The molecule has 1 unspecified atom stereocenters. The Balaban J connectivity index is 1.42.